The zero-order valence-electron chi connectivity index (χ0n) is 13.7. The molecule has 5 nitrogen and oxygen atoms in total. The van der Waals surface area contributed by atoms with E-state index in [1.807, 2.05) is 6.92 Å². The van der Waals surface area contributed by atoms with E-state index in [9.17, 15) is 4.79 Å². The number of rotatable bonds is 6. The molecule has 0 atom stereocenters. The first-order chi connectivity index (χ1) is 11.9. The van der Waals surface area contributed by atoms with Gasteiger partial charge in [-0.2, -0.15) is 0 Å². The van der Waals surface area contributed by atoms with Gasteiger partial charge in [0.2, 0.25) is 0 Å². The molecule has 25 heavy (non-hydrogen) atoms. The smallest absolute Gasteiger partial charge is 0.255 e. The van der Waals surface area contributed by atoms with Gasteiger partial charge in [-0.05, 0) is 30.7 Å². The summed E-state index contributed by atoms with van der Waals surface area (Å²) in [4.78, 5) is 12.5. The fraction of sp³-hybridized carbons (Fsp3) is 0.235. The molecule has 0 fully saturated rings. The summed E-state index contributed by atoms with van der Waals surface area (Å²) in [5, 5.41) is 3.48. The van der Waals surface area contributed by atoms with Gasteiger partial charge in [0.1, 0.15) is 0 Å². The highest BCUT2D eigenvalue weighted by atomic mass is 35.5. The van der Waals surface area contributed by atoms with Crippen LogP contribution in [0.2, 0.25) is 15.1 Å². The Balaban J connectivity index is 2.29. The van der Waals surface area contributed by atoms with Gasteiger partial charge >= 0.3 is 0 Å². The van der Waals surface area contributed by atoms with E-state index in [2.05, 4.69) is 5.32 Å². The van der Waals surface area contributed by atoms with Crippen molar-refractivity contribution in [1.82, 2.24) is 0 Å². The maximum absolute atomic E-state index is 12.5. The van der Waals surface area contributed by atoms with Crippen molar-refractivity contribution in [3.05, 3.63) is 44.9 Å². The second-order valence-electron chi connectivity index (χ2n) is 5.15. The van der Waals surface area contributed by atoms with Crippen molar-refractivity contribution in [2.24, 2.45) is 0 Å². The van der Waals surface area contributed by atoms with E-state index in [4.69, 9.17) is 50.0 Å². The van der Waals surface area contributed by atoms with E-state index in [1.54, 1.807) is 6.07 Å². The lowest BCUT2D eigenvalue weighted by molar-refractivity contribution is 0.102. The van der Waals surface area contributed by atoms with Crippen molar-refractivity contribution in [3.8, 4) is 11.5 Å². The van der Waals surface area contributed by atoms with Gasteiger partial charge in [-0.3, -0.25) is 4.79 Å². The molecule has 0 saturated carbocycles. The highest BCUT2D eigenvalue weighted by molar-refractivity contribution is 6.39. The number of benzene rings is 2. The first-order valence-corrected chi connectivity index (χ1v) is 8.57. The van der Waals surface area contributed by atoms with Crippen molar-refractivity contribution in [2.75, 3.05) is 24.8 Å². The number of hydrogen-bond acceptors (Lipinski definition) is 4. The lowest BCUT2D eigenvalue weighted by atomic mass is 10.1. The van der Waals surface area contributed by atoms with Gasteiger partial charge in [-0.1, -0.05) is 41.7 Å². The van der Waals surface area contributed by atoms with Crippen LogP contribution in [0, 0.1) is 0 Å². The SMILES string of the molecule is CCCOc1c(Cl)cc(C(=O)Nc2cc(Cl)c(N)c(Cl)c2)cc1OC. The minimum atomic E-state index is -0.404. The number of nitrogens with two attached hydrogens (primary N) is 1. The van der Waals surface area contributed by atoms with Crippen molar-refractivity contribution in [1.29, 1.82) is 0 Å². The van der Waals surface area contributed by atoms with Gasteiger partial charge in [-0.25, -0.2) is 0 Å². The summed E-state index contributed by atoms with van der Waals surface area (Å²) in [6, 6.07) is 6.08. The maximum atomic E-state index is 12.5. The molecule has 0 bridgehead atoms. The summed E-state index contributed by atoms with van der Waals surface area (Å²) < 4.78 is 10.8. The second-order valence-corrected chi connectivity index (χ2v) is 6.37. The average molecular weight is 404 g/mol. The van der Waals surface area contributed by atoms with E-state index in [1.165, 1.54) is 25.3 Å². The van der Waals surface area contributed by atoms with Crippen LogP contribution < -0.4 is 20.5 Å². The summed E-state index contributed by atoms with van der Waals surface area (Å²) in [7, 11) is 1.48. The largest absolute Gasteiger partial charge is 0.493 e. The van der Waals surface area contributed by atoms with Gasteiger partial charge in [0, 0.05) is 11.3 Å². The Bertz CT molecular complexity index is 774. The van der Waals surface area contributed by atoms with Gasteiger partial charge in [0.15, 0.2) is 11.5 Å². The van der Waals surface area contributed by atoms with Gasteiger partial charge < -0.3 is 20.5 Å². The summed E-state index contributed by atoms with van der Waals surface area (Å²) in [6.45, 7) is 2.47. The van der Waals surface area contributed by atoms with Crippen LogP contribution in [0.3, 0.4) is 0 Å². The third-order valence-corrected chi connectivity index (χ3v) is 4.19. The number of methoxy groups -OCH3 is 1. The Morgan fingerprint density at radius 1 is 1.12 bits per heavy atom. The number of halogens is 3. The highest BCUT2D eigenvalue weighted by Gasteiger charge is 2.16. The molecule has 0 aliphatic rings. The molecule has 134 valence electrons. The molecule has 8 heteroatoms. The highest BCUT2D eigenvalue weighted by Crippen LogP contribution is 2.37. The van der Waals surface area contributed by atoms with E-state index in [0.29, 0.717) is 29.4 Å². The summed E-state index contributed by atoms with van der Waals surface area (Å²) in [6.07, 6.45) is 0.820. The van der Waals surface area contributed by atoms with Crippen LogP contribution in [0.1, 0.15) is 23.7 Å². The van der Waals surface area contributed by atoms with E-state index < -0.39 is 5.91 Å². The third-order valence-electron chi connectivity index (χ3n) is 3.28. The zero-order chi connectivity index (χ0) is 18.6. The molecule has 3 N–H and O–H groups in total. The molecule has 0 unspecified atom stereocenters. The molecule has 2 aromatic carbocycles. The summed E-state index contributed by atoms with van der Waals surface area (Å²) in [5.41, 5.74) is 6.65. The van der Waals surface area contributed by atoms with Crippen LogP contribution in [0.4, 0.5) is 11.4 Å². The zero-order valence-corrected chi connectivity index (χ0v) is 15.9. The fourth-order valence-electron chi connectivity index (χ4n) is 2.05. The van der Waals surface area contributed by atoms with Crippen molar-refractivity contribution >= 4 is 52.1 Å². The van der Waals surface area contributed by atoms with Crippen LogP contribution in [-0.4, -0.2) is 19.6 Å². The number of carbonyl (C=O) groups is 1. The van der Waals surface area contributed by atoms with Gasteiger partial charge in [0.05, 0.1) is 34.5 Å². The van der Waals surface area contributed by atoms with Gasteiger partial charge in [-0.15, -0.1) is 0 Å². The van der Waals surface area contributed by atoms with Crippen molar-refractivity contribution in [2.45, 2.75) is 13.3 Å². The first-order valence-electron chi connectivity index (χ1n) is 7.43. The predicted octanol–water partition coefficient (Wildman–Crippen LogP) is 5.28. The Morgan fingerprint density at radius 2 is 1.76 bits per heavy atom. The van der Waals surface area contributed by atoms with Crippen LogP contribution in [-0.2, 0) is 0 Å². The van der Waals surface area contributed by atoms with Gasteiger partial charge in [0.25, 0.3) is 5.91 Å². The van der Waals surface area contributed by atoms with E-state index in [0.717, 1.165) is 6.42 Å². The first kappa shape index (κ1) is 19.5. The number of nitrogen functional groups attached to an aromatic ring is 1. The summed E-state index contributed by atoms with van der Waals surface area (Å²) >= 11 is 18.2. The lowest BCUT2D eigenvalue weighted by Gasteiger charge is -2.14. The minimum absolute atomic E-state index is 0.252. The lowest BCUT2D eigenvalue weighted by Crippen LogP contribution is -2.13. The van der Waals surface area contributed by atoms with Crippen LogP contribution in [0.5, 0.6) is 11.5 Å². The predicted molar refractivity (Wildman–Crippen MR) is 103 cm³/mol. The normalized spacial score (nSPS) is 10.4. The molecular weight excluding hydrogens is 387 g/mol. The van der Waals surface area contributed by atoms with Crippen molar-refractivity contribution < 1.29 is 14.3 Å². The molecule has 0 radical (unpaired) electrons. The molecule has 2 aromatic rings. The number of carbonyl (C=O) groups excluding carboxylic acids is 1. The van der Waals surface area contributed by atoms with Crippen LogP contribution in [0.15, 0.2) is 24.3 Å². The number of hydrogen-bond donors (Lipinski definition) is 2. The molecule has 2 rings (SSSR count). The van der Waals surface area contributed by atoms with E-state index in [-0.39, 0.29) is 20.8 Å². The van der Waals surface area contributed by atoms with Crippen molar-refractivity contribution in [3.63, 3.8) is 0 Å². The molecule has 0 aliphatic heterocycles. The fourth-order valence-corrected chi connectivity index (χ4v) is 2.81. The maximum Gasteiger partial charge on any atom is 0.255 e. The molecule has 1 amide bonds. The monoisotopic (exact) mass is 402 g/mol. The third kappa shape index (κ3) is 4.63. The topological polar surface area (TPSA) is 73.6 Å². The number of nitrogens with one attached hydrogen (secondary N) is 1. The molecule has 0 heterocycles. The number of anilines is 2. The average Bonchev–Trinajstić information content (AvgIpc) is 2.57. The Labute approximate surface area is 161 Å². The number of ether oxygens (including phenoxy) is 2. The molecule has 0 aromatic heterocycles. The van der Waals surface area contributed by atoms with E-state index >= 15 is 0 Å². The Hall–Kier alpha value is -1.82. The molecule has 0 spiro atoms. The molecule has 0 aliphatic carbocycles. The quantitative estimate of drug-likeness (QED) is 0.644. The standard InChI is InChI=1S/C17H17Cl3N2O3/c1-3-4-25-16-13(20)5-9(6-14(16)24-2)17(23)22-10-7-11(18)15(21)12(19)8-10/h5-8H,3-4,21H2,1-2H3,(H,22,23). The molecular formula is C17H17Cl3N2O3. The Morgan fingerprint density at radius 3 is 2.32 bits per heavy atom. The summed E-state index contributed by atoms with van der Waals surface area (Å²) in [5.74, 6) is 0.375. The minimum Gasteiger partial charge on any atom is -0.493 e. The van der Waals surface area contributed by atoms with Crippen LogP contribution >= 0.6 is 34.8 Å². The van der Waals surface area contributed by atoms with Crippen LogP contribution in [0.25, 0.3) is 0 Å². The second kappa shape index (κ2) is 8.52. The number of amides is 1. The Kier molecular flexibility index (Phi) is 6.64. The molecule has 0 saturated heterocycles.